The van der Waals surface area contributed by atoms with E-state index in [1.54, 1.807) is 6.07 Å². The number of benzene rings is 1. The number of thiophene rings is 1. The van der Waals surface area contributed by atoms with Gasteiger partial charge >= 0.3 is 5.97 Å². The number of esters is 1. The van der Waals surface area contributed by atoms with E-state index in [0.29, 0.717) is 5.00 Å². The summed E-state index contributed by atoms with van der Waals surface area (Å²) in [7, 11) is 1.21. The predicted molar refractivity (Wildman–Crippen MR) is 142 cm³/mol. The first-order valence-corrected chi connectivity index (χ1v) is 12.9. The lowest BCUT2D eigenvalue weighted by Gasteiger charge is -2.43. The van der Waals surface area contributed by atoms with Crippen LogP contribution in [0, 0.1) is 5.82 Å². The van der Waals surface area contributed by atoms with Gasteiger partial charge in [-0.3, -0.25) is 14.4 Å². The summed E-state index contributed by atoms with van der Waals surface area (Å²) in [6.07, 6.45) is -1.77. The predicted octanol–water partition coefficient (Wildman–Crippen LogP) is 4.19. The van der Waals surface area contributed by atoms with Crippen molar-refractivity contribution in [1.29, 1.82) is 0 Å². The second-order valence-corrected chi connectivity index (χ2v) is 11.6. The molecule has 2 amide bonds. The van der Waals surface area contributed by atoms with Crippen LogP contribution in [0.15, 0.2) is 18.2 Å². The number of nitrogens with one attached hydrogen (secondary N) is 3. The summed E-state index contributed by atoms with van der Waals surface area (Å²) in [5.41, 5.74) is -1.42. The fraction of sp³-hybridized carbons (Fsp3) is 0.458. The van der Waals surface area contributed by atoms with Crippen molar-refractivity contribution in [2.45, 2.75) is 51.4 Å². The second-order valence-electron chi connectivity index (χ2n) is 9.76. The van der Waals surface area contributed by atoms with Crippen LogP contribution in [-0.2, 0) is 19.7 Å². The molecule has 1 aromatic heterocycles. The molecular weight excluding hydrogens is 546 g/mol. The van der Waals surface area contributed by atoms with Gasteiger partial charge in [-0.25, -0.2) is 4.39 Å². The minimum atomic E-state index is -1.47. The third-order valence-corrected chi connectivity index (χ3v) is 8.32. The Balaban J connectivity index is 1.96. The molecule has 2 heterocycles. The molecule has 13 heteroatoms. The van der Waals surface area contributed by atoms with E-state index in [-0.39, 0.29) is 46.2 Å². The number of aliphatic hydroxyl groups is 1. The van der Waals surface area contributed by atoms with Crippen LogP contribution in [0.1, 0.15) is 49.4 Å². The largest absolute Gasteiger partial charge is 0.469 e. The number of carbonyl (C=O) groups is 3. The Morgan fingerprint density at radius 3 is 2.59 bits per heavy atom. The number of amides is 2. The molecule has 1 aliphatic heterocycles. The number of hydrogen-bond acceptors (Lipinski definition) is 8. The quantitative estimate of drug-likeness (QED) is 0.222. The van der Waals surface area contributed by atoms with Crippen molar-refractivity contribution in [3.05, 3.63) is 44.5 Å². The Kier molecular flexibility index (Phi) is 8.63. The van der Waals surface area contributed by atoms with Crippen molar-refractivity contribution in [3.63, 3.8) is 0 Å². The number of anilines is 2. The number of rotatable bonds is 7. The Morgan fingerprint density at radius 2 is 1.97 bits per heavy atom. The number of aliphatic hydroxyl groups excluding tert-OH is 1. The molecule has 3 rings (SSSR count). The zero-order chi connectivity index (χ0) is 27.7. The Morgan fingerprint density at radius 1 is 1.30 bits per heavy atom. The fourth-order valence-electron chi connectivity index (χ4n) is 3.81. The smallest absolute Gasteiger partial charge is 0.308 e. The fourth-order valence-corrected chi connectivity index (χ4v) is 5.31. The van der Waals surface area contributed by atoms with Gasteiger partial charge in [0.05, 0.1) is 34.8 Å². The summed E-state index contributed by atoms with van der Waals surface area (Å²) in [5, 5.41) is 18.9. The average Bonchev–Trinajstić information content (AvgIpc) is 3.25. The monoisotopic (exact) mass is 574 g/mol. The molecule has 37 heavy (non-hydrogen) atoms. The van der Waals surface area contributed by atoms with E-state index in [1.807, 2.05) is 20.8 Å². The van der Waals surface area contributed by atoms with E-state index in [2.05, 4.69) is 16.0 Å². The third-order valence-electron chi connectivity index (χ3n) is 5.96. The van der Waals surface area contributed by atoms with Crippen LogP contribution < -0.4 is 16.0 Å². The van der Waals surface area contributed by atoms with Gasteiger partial charge < -0.3 is 30.7 Å². The second kappa shape index (κ2) is 11.0. The molecule has 4 N–H and O–H groups in total. The highest BCUT2D eigenvalue weighted by Crippen LogP contribution is 2.39. The molecule has 1 fully saturated rings. The van der Waals surface area contributed by atoms with Crippen LogP contribution in [0.4, 0.5) is 15.1 Å². The van der Waals surface area contributed by atoms with Crippen molar-refractivity contribution in [2.75, 3.05) is 30.8 Å². The number of piperazine rings is 1. The van der Waals surface area contributed by atoms with Gasteiger partial charge in [0.1, 0.15) is 16.4 Å². The van der Waals surface area contributed by atoms with E-state index in [9.17, 15) is 23.9 Å². The lowest BCUT2D eigenvalue weighted by Crippen LogP contribution is -2.65. The SMILES string of the molecule is COC(=O)CC1(C)C(=O)NCCN1C(=O)c1cc(C(C)(C)C)sc1NC(O)Nc1ccc(F)c(Cl)c1Cl. The van der Waals surface area contributed by atoms with Crippen LogP contribution in [0.25, 0.3) is 0 Å². The Hall–Kier alpha value is -2.60. The van der Waals surface area contributed by atoms with Crippen LogP contribution in [0.3, 0.4) is 0 Å². The Bertz CT molecular complexity index is 1220. The molecule has 1 aliphatic rings. The minimum absolute atomic E-state index is 0.113. The summed E-state index contributed by atoms with van der Waals surface area (Å²) >= 11 is 13.2. The molecule has 0 radical (unpaired) electrons. The lowest BCUT2D eigenvalue weighted by atomic mass is 9.90. The van der Waals surface area contributed by atoms with E-state index in [4.69, 9.17) is 27.9 Å². The normalized spacial score (nSPS) is 18.7. The maximum Gasteiger partial charge on any atom is 0.308 e. The number of methoxy groups -OCH3 is 1. The van der Waals surface area contributed by atoms with Crippen molar-refractivity contribution in [2.24, 2.45) is 0 Å². The van der Waals surface area contributed by atoms with Gasteiger partial charge in [0.25, 0.3) is 5.91 Å². The van der Waals surface area contributed by atoms with Crippen LogP contribution in [-0.4, -0.2) is 59.9 Å². The topological polar surface area (TPSA) is 120 Å². The molecule has 2 unspecified atom stereocenters. The van der Waals surface area contributed by atoms with E-state index in [1.165, 1.54) is 36.3 Å². The maximum absolute atomic E-state index is 13.8. The lowest BCUT2D eigenvalue weighted by molar-refractivity contribution is -0.149. The standard InChI is InChI=1S/C24H29Cl2FN4O5S/c1-23(2,3)15-10-12(20(33)31-9-8-28-21(34)24(31,4)11-16(32)36-5)19(37-15)30-22(35)29-14-7-6-13(27)17(25)18(14)26/h6-7,10,22,29-30,35H,8-9,11H2,1-5H3,(H,28,34). The van der Waals surface area contributed by atoms with Gasteiger partial charge in [-0.1, -0.05) is 44.0 Å². The molecule has 0 aliphatic carbocycles. The first-order chi connectivity index (χ1) is 17.2. The average molecular weight is 575 g/mol. The summed E-state index contributed by atoms with van der Waals surface area (Å²) < 4.78 is 18.4. The van der Waals surface area contributed by atoms with E-state index in [0.717, 1.165) is 10.9 Å². The van der Waals surface area contributed by atoms with Gasteiger partial charge in [0, 0.05) is 18.0 Å². The molecule has 1 aromatic carbocycles. The van der Waals surface area contributed by atoms with Gasteiger partial charge in [0.2, 0.25) is 12.3 Å². The summed E-state index contributed by atoms with van der Waals surface area (Å²) in [6.45, 7) is 7.82. The van der Waals surface area contributed by atoms with Crippen LogP contribution in [0.5, 0.6) is 0 Å². The molecule has 2 atom stereocenters. The van der Waals surface area contributed by atoms with E-state index < -0.39 is 35.5 Å². The minimum Gasteiger partial charge on any atom is -0.469 e. The van der Waals surface area contributed by atoms with E-state index >= 15 is 0 Å². The molecule has 2 aromatic rings. The number of nitrogens with zero attached hydrogens (tertiary/aromatic N) is 1. The summed E-state index contributed by atoms with van der Waals surface area (Å²) in [5.74, 6) is -2.31. The summed E-state index contributed by atoms with van der Waals surface area (Å²) in [4.78, 5) is 40.9. The van der Waals surface area contributed by atoms with Crippen LogP contribution in [0.2, 0.25) is 10.0 Å². The molecule has 0 spiro atoms. The highest BCUT2D eigenvalue weighted by Gasteiger charge is 2.47. The first kappa shape index (κ1) is 29.0. The van der Waals surface area contributed by atoms with Gasteiger partial charge in [-0.15, -0.1) is 11.3 Å². The van der Waals surface area contributed by atoms with Gasteiger partial charge in [-0.05, 0) is 30.5 Å². The molecule has 1 saturated heterocycles. The number of carbonyl (C=O) groups excluding carboxylic acids is 3. The first-order valence-electron chi connectivity index (χ1n) is 11.3. The van der Waals surface area contributed by atoms with Crippen molar-refractivity contribution in [1.82, 2.24) is 10.2 Å². The molecule has 0 bridgehead atoms. The molecule has 9 nitrogen and oxygen atoms in total. The maximum atomic E-state index is 13.8. The number of hydrogen-bond donors (Lipinski definition) is 4. The van der Waals surface area contributed by atoms with Crippen molar-refractivity contribution >= 4 is 63.0 Å². The zero-order valence-electron chi connectivity index (χ0n) is 21.0. The summed E-state index contributed by atoms with van der Waals surface area (Å²) in [6, 6.07) is 4.12. The number of ether oxygens (including phenoxy) is 1. The number of halogens is 3. The molecule has 0 saturated carbocycles. The van der Waals surface area contributed by atoms with Gasteiger partial charge in [-0.2, -0.15) is 0 Å². The third kappa shape index (κ3) is 6.11. The van der Waals surface area contributed by atoms with Gasteiger partial charge in [0.15, 0.2) is 0 Å². The van der Waals surface area contributed by atoms with Crippen LogP contribution >= 0.6 is 34.5 Å². The zero-order valence-corrected chi connectivity index (χ0v) is 23.3. The Labute approximate surface area is 228 Å². The van der Waals surface area contributed by atoms with Crippen molar-refractivity contribution in [3.8, 4) is 0 Å². The van der Waals surface area contributed by atoms with Crippen molar-refractivity contribution < 1.29 is 28.6 Å². The molecular formula is C24H29Cl2FN4O5S. The molecule has 202 valence electrons. The highest BCUT2D eigenvalue weighted by molar-refractivity contribution is 7.16. The highest BCUT2D eigenvalue weighted by atomic mass is 35.5.